The van der Waals surface area contributed by atoms with Crippen LogP contribution in [0.1, 0.15) is 43.6 Å². The molecule has 0 aromatic carbocycles. The molecule has 1 aromatic rings. The summed E-state index contributed by atoms with van der Waals surface area (Å²) in [7, 11) is 0. The van der Waals surface area contributed by atoms with E-state index in [4.69, 9.17) is 11.1 Å². The molecule has 4 nitrogen and oxygen atoms in total. The molecule has 110 valence electrons. The van der Waals surface area contributed by atoms with E-state index in [9.17, 15) is 0 Å². The normalized spacial score (nSPS) is 16.8. The lowest BCUT2D eigenvalue weighted by Crippen LogP contribution is -2.36. The van der Waals surface area contributed by atoms with Crippen LogP contribution < -0.4 is 10.6 Å². The Labute approximate surface area is 121 Å². The summed E-state index contributed by atoms with van der Waals surface area (Å²) < 4.78 is 0. The lowest BCUT2D eigenvalue weighted by Gasteiger charge is -2.36. The maximum absolute atomic E-state index is 7.83. The highest BCUT2D eigenvalue weighted by atomic mass is 15.1. The van der Waals surface area contributed by atoms with Crippen LogP contribution in [-0.4, -0.2) is 23.9 Å². The predicted molar refractivity (Wildman–Crippen MR) is 84.5 cm³/mol. The number of rotatable bonds is 3. The van der Waals surface area contributed by atoms with E-state index in [0.717, 1.165) is 47.6 Å². The summed E-state index contributed by atoms with van der Waals surface area (Å²) in [6.45, 7) is 10.7. The van der Waals surface area contributed by atoms with Crippen LogP contribution in [0.3, 0.4) is 0 Å². The number of nitrogens with one attached hydrogen (secondary N) is 1. The molecule has 1 aliphatic rings. The van der Waals surface area contributed by atoms with Crippen LogP contribution in [0.2, 0.25) is 0 Å². The summed E-state index contributed by atoms with van der Waals surface area (Å²) in [4.78, 5) is 6.82. The van der Waals surface area contributed by atoms with Crippen molar-refractivity contribution in [3.05, 3.63) is 23.0 Å². The van der Waals surface area contributed by atoms with E-state index in [-0.39, 0.29) is 5.84 Å². The van der Waals surface area contributed by atoms with E-state index in [1.807, 2.05) is 13.8 Å². The predicted octanol–water partition coefficient (Wildman–Crippen LogP) is 2.85. The number of nitrogen functional groups attached to an aromatic ring is 1. The average Bonchev–Trinajstić information content (AvgIpc) is 2.37. The molecule has 0 atom stereocenters. The summed E-state index contributed by atoms with van der Waals surface area (Å²) in [6, 6.07) is 2.07. The molecular formula is C16H26N4. The molecule has 0 saturated carbocycles. The maximum Gasteiger partial charge on any atom is 0.126 e. The third-order valence-corrected chi connectivity index (χ3v) is 4.40. The van der Waals surface area contributed by atoms with Gasteiger partial charge in [0.15, 0.2) is 0 Å². The Balaban J connectivity index is 2.27. The molecule has 0 bridgehead atoms. The molecule has 1 aromatic heterocycles. The first kappa shape index (κ1) is 14.8. The number of piperidine rings is 1. The quantitative estimate of drug-likeness (QED) is 0.658. The van der Waals surface area contributed by atoms with Gasteiger partial charge in [-0.25, -0.2) is 0 Å². The zero-order valence-corrected chi connectivity index (χ0v) is 13.0. The molecule has 4 heteroatoms. The molecule has 20 heavy (non-hydrogen) atoms. The third kappa shape index (κ3) is 2.94. The van der Waals surface area contributed by atoms with Crippen LogP contribution in [-0.2, 0) is 0 Å². The van der Waals surface area contributed by atoms with Gasteiger partial charge in [0.1, 0.15) is 5.84 Å². The summed E-state index contributed by atoms with van der Waals surface area (Å²) in [5.41, 5.74) is 9.51. The van der Waals surface area contributed by atoms with Gasteiger partial charge in [0, 0.05) is 18.8 Å². The molecule has 2 rings (SSSR count). The molecule has 3 N–H and O–H groups in total. The summed E-state index contributed by atoms with van der Waals surface area (Å²) in [5.74, 6) is 1.69. The van der Waals surface area contributed by atoms with Crippen molar-refractivity contribution in [3.63, 3.8) is 0 Å². The van der Waals surface area contributed by atoms with Gasteiger partial charge in [0.05, 0.1) is 16.9 Å². The largest absolute Gasteiger partial charge is 0.384 e. The van der Waals surface area contributed by atoms with Crippen LogP contribution in [0.15, 0.2) is 6.07 Å². The molecule has 1 fully saturated rings. The van der Waals surface area contributed by atoms with E-state index in [1.165, 1.54) is 12.8 Å². The SMILES string of the molecule is Cc1cc(N2CCC(C(C)C)CC2)c(C(=N)N)c(C)n1. The Morgan fingerprint density at radius 3 is 2.45 bits per heavy atom. The minimum atomic E-state index is 0.121. The van der Waals surface area contributed by atoms with E-state index in [1.54, 1.807) is 0 Å². The van der Waals surface area contributed by atoms with Gasteiger partial charge in [0.25, 0.3) is 0 Å². The van der Waals surface area contributed by atoms with Gasteiger partial charge in [-0.3, -0.25) is 10.4 Å². The number of aromatic nitrogens is 1. The van der Waals surface area contributed by atoms with Crippen LogP contribution in [0.5, 0.6) is 0 Å². The minimum Gasteiger partial charge on any atom is -0.384 e. The van der Waals surface area contributed by atoms with Crippen molar-refractivity contribution in [1.29, 1.82) is 5.41 Å². The molecule has 0 amide bonds. The summed E-state index contributed by atoms with van der Waals surface area (Å²) >= 11 is 0. The molecular weight excluding hydrogens is 248 g/mol. The van der Waals surface area contributed by atoms with Crippen molar-refractivity contribution in [2.24, 2.45) is 17.6 Å². The smallest absolute Gasteiger partial charge is 0.126 e. The monoisotopic (exact) mass is 274 g/mol. The highest BCUT2D eigenvalue weighted by Crippen LogP contribution is 2.30. The van der Waals surface area contributed by atoms with Crippen molar-refractivity contribution in [3.8, 4) is 0 Å². The van der Waals surface area contributed by atoms with Gasteiger partial charge >= 0.3 is 0 Å². The molecule has 1 saturated heterocycles. The van der Waals surface area contributed by atoms with Gasteiger partial charge < -0.3 is 10.6 Å². The average molecular weight is 274 g/mol. The number of hydrogen-bond donors (Lipinski definition) is 2. The van der Waals surface area contributed by atoms with Crippen molar-refractivity contribution in [2.45, 2.75) is 40.5 Å². The van der Waals surface area contributed by atoms with E-state index >= 15 is 0 Å². The highest BCUT2D eigenvalue weighted by molar-refractivity contribution is 6.01. The van der Waals surface area contributed by atoms with Crippen molar-refractivity contribution in [1.82, 2.24) is 4.98 Å². The number of anilines is 1. The zero-order valence-electron chi connectivity index (χ0n) is 13.0. The minimum absolute atomic E-state index is 0.121. The van der Waals surface area contributed by atoms with Crippen molar-refractivity contribution < 1.29 is 0 Å². The van der Waals surface area contributed by atoms with Crippen LogP contribution in [0.25, 0.3) is 0 Å². The van der Waals surface area contributed by atoms with Crippen LogP contribution >= 0.6 is 0 Å². The Kier molecular flexibility index (Phi) is 4.31. The number of aryl methyl sites for hydroxylation is 2. The van der Waals surface area contributed by atoms with Crippen LogP contribution in [0.4, 0.5) is 5.69 Å². The number of hydrogen-bond acceptors (Lipinski definition) is 3. The topological polar surface area (TPSA) is 66.0 Å². The Bertz CT molecular complexity index is 499. The molecule has 0 aliphatic carbocycles. The molecule has 0 spiro atoms. The maximum atomic E-state index is 7.83. The first-order chi connectivity index (χ1) is 9.40. The Hall–Kier alpha value is -1.58. The first-order valence-electron chi connectivity index (χ1n) is 7.47. The van der Waals surface area contributed by atoms with E-state index in [0.29, 0.717) is 0 Å². The van der Waals surface area contributed by atoms with Gasteiger partial charge in [-0.1, -0.05) is 13.8 Å². The summed E-state index contributed by atoms with van der Waals surface area (Å²) in [5, 5.41) is 7.83. The molecule has 2 heterocycles. The van der Waals surface area contributed by atoms with Gasteiger partial charge in [-0.05, 0) is 44.6 Å². The van der Waals surface area contributed by atoms with E-state index in [2.05, 4.69) is 29.8 Å². The van der Waals surface area contributed by atoms with E-state index < -0.39 is 0 Å². The Morgan fingerprint density at radius 1 is 1.35 bits per heavy atom. The molecule has 1 aliphatic heterocycles. The van der Waals surface area contributed by atoms with Crippen molar-refractivity contribution in [2.75, 3.05) is 18.0 Å². The fourth-order valence-corrected chi connectivity index (χ4v) is 3.20. The summed E-state index contributed by atoms with van der Waals surface area (Å²) in [6.07, 6.45) is 2.44. The second kappa shape index (κ2) is 5.81. The molecule has 0 unspecified atom stereocenters. The van der Waals surface area contributed by atoms with Gasteiger partial charge in [-0.2, -0.15) is 0 Å². The van der Waals surface area contributed by atoms with Gasteiger partial charge in [-0.15, -0.1) is 0 Å². The highest BCUT2D eigenvalue weighted by Gasteiger charge is 2.24. The Morgan fingerprint density at radius 2 is 1.95 bits per heavy atom. The third-order valence-electron chi connectivity index (χ3n) is 4.40. The molecule has 0 radical (unpaired) electrons. The second-order valence-electron chi connectivity index (χ2n) is 6.23. The number of nitrogens with zero attached hydrogens (tertiary/aromatic N) is 2. The zero-order chi connectivity index (χ0) is 14.9. The second-order valence-corrected chi connectivity index (χ2v) is 6.23. The number of pyridine rings is 1. The van der Waals surface area contributed by atoms with Crippen LogP contribution in [0, 0.1) is 31.1 Å². The fraction of sp³-hybridized carbons (Fsp3) is 0.625. The number of amidine groups is 1. The fourth-order valence-electron chi connectivity index (χ4n) is 3.20. The van der Waals surface area contributed by atoms with Gasteiger partial charge in [0.2, 0.25) is 0 Å². The first-order valence-corrected chi connectivity index (χ1v) is 7.47. The van der Waals surface area contributed by atoms with Crippen molar-refractivity contribution >= 4 is 11.5 Å². The lowest BCUT2D eigenvalue weighted by atomic mass is 9.86. The lowest BCUT2D eigenvalue weighted by molar-refractivity contribution is 0.311. The number of nitrogens with two attached hydrogens (primary N) is 1. The standard InChI is InChI=1S/C16H26N4/c1-10(2)13-5-7-20(8-6-13)14-9-11(3)19-12(4)15(14)16(17)18/h9-10,13H,5-8H2,1-4H3,(H3,17,18).